The monoisotopic (exact) mass is 1400 g/mol. The van der Waals surface area contributed by atoms with Crippen molar-refractivity contribution in [2.24, 2.45) is 0 Å². The maximum Gasteiger partial charge on any atom is 0.187 e. The van der Waals surface area contributed by atoms with E-state index in [1.807, 2.05) is 303 Å². The van der Waals surface area contributed by atoms with Crippen LogP contribution in [0.1, 0.15) is 55.6 Å². The quantitative estimate of drug-likeness (QED) is 0.0392. The molecular weight excluding hydrogens is 1310 g/mol. The Kier molecular flexibility index (Phi) is 28.1. The second-order valence-electron chi connectivity index (χ2n) is 26.2. The normalized spacial score (nSPS) is 24.8. The minimum absolute atomic E-state index is 0.0324. The van der Waals surface area contributed by atoms with E-state index in [1.165, 1.54) is 0 Å². The third-order valence-electron chi connectivity index (χ3n) is 18.6. The predicted octanol–water partition coefficient (Wildman–Crippen LogP) is 14.7. The summed E-state index contributed by atoms with van der Waals surface area (Å²) in [6, 6.07) is 99.4. The van der Waals surface area contributed by atoms with E-state index in [4.69, 9.17) is 71.1 Å². The van der Waals surface area contributed by atoms with Crippen LogP contribution in [0.4, 0.5) is 0 Å². The Morgan fingerprint density at radius 1 is 0.202 bits per heavy atom. The third-order valence-corrected chi connectivity index (χ3v) is 18.6. The van der Waals surface area contributed by atoms with Crippen molar-refractivity contribution in [3.8, 4) is 0 Å². The van der Waals surface area contributed by atoms with Crippen molar-refractivity contribution in [1.29, 1.82) is 0 Å². The summed E-state index contributed by atoms with van der Waals surface area (Å²) in [4.78, 5) is 0. The molecule has 104 heavy (non-hydrogen) atoms. The van der Waals surface area contributed by atoms with Gasteiger partial charge in [0, 0.05) is 0 Å². The number of hydrogen-bond donors (Lipinski definition) is 1. The minimum Gasteiger partial charge on any atom is -0.374 e. The van der Waals surface area contributed by atoms with Crippen molar-refractivity contribution in [1.82, 2.24) is 0 Å². The molecule has 3 aliphatic rings. The molecule has 0 aliphatic carbocycles. The molecule has 16 nitrogen and oxygen atoms in total. The van der Waals surface area contributed by atoms with E-state index in [0.29, 0.717) is 0 Å². The molecule has 10 aromatic carbocycles. The van der Waals surface area contributed by atoms with E-state index in [9.17, 15) is 5.11 Å². The highest BCUT2D eigenvalue weighted by molar-refractivity contribution is 5.21. The molecule has 0 bridgehead atoms. The lowest BCUT2D eigenvalue weighted by Gasteiger charge is -2.51. The van der Waals surface area contributed by atoms with E-state index in [0.717, 1.165) is 55.6 Å². The fourth-order valence-electron chi connectivity index (χ4n) is 13.2. The summed E-state index contributed by atoms with van der Waals surface area (Å²) in [7, 11) is 0. The molecule has 0 spiro atoms. The van der Waals surface area contributed by atoms with E-state index >= 15 is 0 Å². The van der Waals surface area contributed by atoms with Crippen molar-refractivity contribution in [2.45, 2.75) is 158 Å². The first-order valence-electron chi connectivity index (χ1n) is 35.9. The van der Waals surface area contributed by atoms with Crippen LogP contribution in [0.5, 0.6) is 0 Å². The lowest BCUT2D eigenvalue weighted by Crippen LogP contribution is -2.68. The van der Waals surface area contributed by atoms with E-state index < -0.39 is 92.1 Å². The maximum absolute atomic E-state index is 12.9. The number of aliphatic hydroxyl groups excluding tert-OH is 1. The molecule has 0 amide bonds. The van der Waals surface area contributed by atoms with Gasteiger partial charge in [-0.25, -0.2) is 0 Å². The summed E-state index contributed by atoms with van der Waals surface area (Å²) in [6.07, 6.45) is -16.5. The molecule has 1 N–H and O–H groups in total. The highest BCUT2D eigenvalue weighted by Gasteiger charge is 2.57. The van der Waals surface area contributed by atoms with Crippen LogP contribution in [-0.2, 0) is 137 Å². The molecule has 3 heterocycles. The Balaban J connectivity index is 0.930. The molecule has 16 heteroatoms. The van der Waals surface area contributed by atoms with E-state index in [-0.39, 0.29) is 85.9 Å². The van der Waals surface area contributed by atoms with Gasteiger partial charge in [-0.2, -0.15) is 0 Å². The first-order valence-corrected chi connectivity index (χ1v) is 35.9. The van der Waals surface area contributed by atoms with Gasteiger partial charge in [0.1, 0.15) is 73.2 Å². The molecule has 0 radical (unpaired) electrons. The third kappa shape index (κ3) is 21.6. The van der Waals surface area contributed by atoms with Gasteiger partial charge in [0.25, 0.3) is 0 Å². The van der Waals surface area contributed by atoms with Crippen LogP contribution in [0.15, 0.2) is 303 Å². The number of benzene rings is 10. The average Bonchev–Trinajstić information content (AvgIpc) is 0.765. The molecule has 10 aromatic rings. The van der Waals surface area contributed by atoms with Crippen LogP contribution in [0.3, 0.4) is 0 Å². The van der Waals surface area contributed by atoms with Crippen LogP contribution in [-0.4, -0.2) is 117 Å². The van der Waals surface area contributed by atoms with Crippen molar-refractivity contribution >= 4 is 0 Å². The van der Waals surface area contributed by atoms with Gasteiger partial charge in [-0.3, -0.25) is 0 Å². The molecule has 15 atom stereocenters. The van der Waals surface area contributed by atoms with Gasteiger partial charge in [-0.1, -0.05) is 303 Å². The molecule has 0 saturated carbocycles. The topological polar surface area (TPSA) is 159 Å². The first-order chi connectivity index (χ1) is 51.5. The molecular formula is C88H92O16. The van der Waals surface area contributed by atoms with Crippen molar-refractivity contribution in [3.63, 3.8) is 0 Å². The van der Waals surface area contributed by atoms with Gasteiger partial charge in [-0.05, 0) is 55.6 Å². The average molecular weight is 1410 g/mol. The van der Waals surface area contributed by atoms with Crippen LogP contribution in [0, 0.1) is 0 Å². The summed E-state index contributed by atoms with van der Waals surface area (Å²) in [5.74, 6) is 0. The van der Waals surface area contributed by atoms with Crippen molar-refractivity contribution in [3.05, 3.63) is 359 Å². The smallest absolute Gasteiger partial charge is 0.187 e. The summed E-state index contributed by atoms with van der Waals surface area (Å²) < 4.78 is 108. The SMILES string of the molecule is O[C@H]1O[C@H](COCc2ccccc2)[C@@H](OCc2ccccc2)[C@H](OCc2ccccc2)[C@@H]1O[C@H]1O[C@H](COCc2ccccc2)[C@@H](OCc2ccccc2)[C@H](O[C@H]2O[C@H](COCc3ccccc3)[C@@H](OCc3ccccc3)[C@H](OCc3ccccc3)[C@@H]2OCc2ccccc2)[C@@H]1OCc1ccccc1. The number of ether oxygens (including phenoxy) is 15. The maximum atomic E-state index is 12.9. The Labute approximate surface area is 610 Å². The van der Waals surface area contributed by atoms with Crippen LogP contribution >= 0.6 is 0 Å². The fourth-order valence-corrected chi connectivity index (χ4v) is 13.2. The first kappa shape index (κ1) is 73.9. The number of aliphatic hydroxyl groups is 1. The Morgan fingerprint density at radius 3 is 0.663 bits per heavy atom. The van der Waals surface area contributed by atoms with E-state index in [1.54, 1.807) is 0 Å². The summed E-state index contributed by atoms with van der Waals surface area (Å²) in [5.41, 5.74) is 9.20. The molecule has 3 saturated heterocycles. The molecule has 540 valence electrons. The zero-order valence-corrected chi connectivity index (χ0v) is 58.3. The van der Waals surface area contributed by atoms with Gasteiger partial charge >= 0.3 is 0 Å². The lowest BCUT2D eigenvalue weighted by atomic mass is 9.95. The number of rotatable bonds is 37. The fraction of sp³-hybridized carbons (Fsp3) is 0.318. The zero-order chi connectivity index (χ0) is 70.6. The Hall–Kier alpha value is -8.44. The van der Waals surface area contributed by atoms with Crippen LogP contribution < -0.4 is 0 Å². The summed E-state index contributed by atoms with van der Waals surface area (Å²) >= 11 is 0. The van der Waals surface area contributed by atoms with Crippen molar-refractivity contribution < 1.29 is 76.2 Å². The predicted molar refractivity (Wildman–Crippen MR) is 391 cm³/mol. The summed E-state index contributed by atoms with van der Waals surface area (Å²) in [5, 5.41) is 12.9. The molecule has 3 fully saturated rings. The largest absolute Gasteiger partial charge is 0.374 e. The Morgan fingerprint density at radius 2 is 0.394 bits per heavy atom. The lowest BCUT2D eigenvalue weighted by molar-refractivity contribution is -0.398. The second-order valence-corrected chi connectivity index (χ2v) is 26.2. The standard InChI is InChI=1S/C88H92O16/c89-86-83(80(96-57-70-43-23-7-24-44-70)77(93-54-67-37-17-4-18-38-67)74(100-86)61-90-51-64-31-11-1-12-32-64)104-88-85(99-60-73-49-29-10-30-50-73)82(79(95-56-69-41-21-6-22-42-69)76(102-88)63-92-53-66-35-15-3-16-36-66)103-87-84(98-59-72-47-27-9-28-48-72)81(97-58-71-45-25-8-26-46-71)78(94-55-68-39-19-5-20-40-68)75(101-87)62-91-52-65-33-13-2-14-34-65/h1-50,74-89H,51-63H2/t74-,75-,76-,77-,78-,79-,80+,81+,82+,83+,84+,85+,86+,87-,88-/m1/s1. The van der Waals surface area contributed by atoms with Crippen LogP contribution in [0.25, 0.3) is 0 Å². The van der Waals surface area contributed by atoms with Crippen LogP contribution in [0.2, 0.25) is 0 Å². The van der Waals surface area contributed by atoms with Gasteiger partial charge < -0.3 is 76.2 Å². The minimum atomic E-state index is -1.65. The molecule has 13 rings (SSSR count). The van der Waals surface area contributed by atoms with Gasteiger partial charge in [-0.15, -0.1) is 0 Å². The molecule has 3 aliphatic heterocycles. The van der Waals surface area contributed by atoms with Gasteiger partial charge in [0.05, 0.1) is 85.9 Å². The van der Waals surface area contributed by atoms with Gasteiger partial charge in [0.15, 0.2) is 18.9 Å². The summed E-state index contributed by atoms with van der Waals surface area (Å²) in [6.45, 7) is 1.81. The van der Waals surface area contributed by atoms with Gasteiger partial charge in [0.2, 0.25) is 0 Å². The van der Waals surface area contributed by atoms with E-state index in [2.05, 4.69) is 0 Å². The second kappa shape index (κ2) is 39.6. The molecule has 0 unspecified atom stereocenters. The zero-order valence-electron chi connectivity index (χ0n) is 58.3. The Bertz CT molecular complexity index is 3960. The highest BCUT2D eigenvalue weighted by atomic mass is 16.8. The molecule has 0 aromatic heterocycles. The number of hydrogen-bond acceptors (Lipinski definition) is 16. The highest BCUT2D eigenvalue weighted by Crippen LogP contribution is 2.40. The van der Waals surface area contributed by atoms with Crippen molar-refractivity contribution in [2.75, 3.05) is 19.8 Å².